The van der Waals surface area contributed by atoms with E-state index < -0.39 is 83.5 Å². The van der Waals surface area contributed by atoms with E-state index in [1.165, 1.54) is 46.3 Å². The number of rotatable bonds is 12. The number of nitrogens with zero attached hydrogens (tertiary/aromatic N) is 6. The van der Waals surface area contributed by atoms with Crippen molar-refractivity contribution in [2.24, 2.45) is 11.7 Å². The van der Waals surface area contributed by atoms with Gasteiger partial charge in [0.1, 0.15) is 36.3 Å². The molecule has 2 aliphatic heterocycles. The molecule has 24 heteroatoms. The molecule has 22 nitrogen and oxygen atoms in total. The van der Waals surface area contributed by atoms with E-state index in [9.17, 15) is 44.1 Å². The summed E-state index contributed by atoms with van der Waals surface area (Å²) in [6, 6.07) is 2.16. The van der Waals surface area contributed by atoms with E-state index >= 15 is 0 Å². The summed E-state index contributed by atoms with van der Waals surface area (Å²) < 4.78 is 52.2. The number of nitrogens with two attached hydrogens (primary N) is 1. The zero-order chi connectivity index (χ0) is 35.1. The summed E-state index contributed by atoms with van der Waals surface area (Å²) in [7, 11) is -11.3. The second-order valence-electron chi connectivity index (χ2n) is 11.7. The summed E-state index contributed by atoms with van der Waals surface area (Å²) >= 11 is 0. The van der Waals surface area contributed by atoms with Crippen molar-refractivity contribution in [1.82, 2.24) is 25.7 Å². The molecule has 0 radical (unpaired) electrons. The highest BCUT2D eigenvalue weighted by Gasteiger charge is 2.48. The van der Waals surface area contributed by atoms with Gasteiger partial charge in [-0.2, -0.15) is 4.57 Å². The van der Waals surface area contributed by atoms with Crippen LogP contribution in [0.5, 0.6) is 0 Å². The number of morpholine rings is 1. The Kier molecular flexibility index (Phi) is 11.7. The fourth-order valence-electron chi connectivity index (χ4n) is 6.06. The molecule has 2 saturated heterocycles. The van der Waals surface area contributed by atoms with Gasteiger partial charge in [-0.3, -0.25) is 18.5 Å². The SMILES string of the molecule is NC(=O)c1ccc[n+]([C@@H]2C[C@H](COP(=O)([O-])OP(=O)([O-])OC[C@@H]3O[C@H](n4cnc5c(N6CCOCC6)ncnc54)[C@@H](O)[C@H]3O)[C@@H](O)[C@H]2O)c1.[NH4+]. The minimum absolute atomic E-state index is 0. The standard InChI is InChI=1S/C26H35N7O14P2.H3N/c27-23(38)14-2-1-3-32(9-14)16-8-15(19(34)20(16)35)10-44-48(39,40)47-49(41,42)45-11-17-21(36)22(37)26(46-17)33-13-30-18-24(28-12-29-25(18)33)31-4-6-43-7-5-31;/h1-3,9,12-13,15-17,19-22,26,34-37H,4-8,10-11H2,(H3-,27,38,39,40,41,42);1H3/t15-,16-,17+,19-,20+,21+,22+,26+;/m1./s1. The lowest BCUT2D eigenvalue weighted by atomic mass is 10.1. The van der Waals surface area contributed by atoms with E-state index in [0.29, 0.717) is 37.6 Å². The van der Waals surface area contributed by atoms with Gasteiger partial charge in [0.15, 0.2) is 41.6 Å². The Balaban J connectivity index is 0.00000486. The number of carbonyl (C=O) groups is 1. The number of primary amides is 1. The van der Waals surface area contributed by atoms with Gasteiger partial charge in [0, 0.05) is 31.5 Å². The first-order chi connectivity index (χ1) is 23.2. The van der Waals surface area contributed by atoms with Crippen LogP contribution in [0.1, 0.15) is 29.0 Å². The molecule has 0 aromatic carbocycles. The van der Waals surface area contributed by atoms with Gasteiger partial charge in [-0.1, -0.05) is 0 Å². The van der Waals surface area contributed by atoms with Crippen molar-refractivity contribution in [3.63, 3.8) is 0 Å². The third-order valence-electron chi connectivity index (χ3n) is 8.57. The van der Waals surface area contributed by atoms with E-state index in [2.05, 4.69) is 23.8 Å². The number of aliphatic hydroxyl groups is 4. The van der Waals surface area contributed by atoms with Crippen molar-refractivity contribution >= 4 is 38.5 Å². The van der Waals surface area contributed by atoms with E-state index in [4.69, 9.17) is 19.7 Å². The first-order valence-corrected chi connectivity index (χ1v) is 18.0. The minimum atomic E-state index is -5.66. The topological polar surface area (TPSA) is 338 Å². The molecule has 1 aliphatic carbocycles. The minimum Gasteiger partial charge on any atom is -0.756 e. The molecule has 276 valence electrons. The zero-order valence-corrected chi connectivity index (χ0v) is 28.3. The van der Waals surface area contributed by atoms with E-state index in [1.54, 1.807) is 0 Å². The van der Waals surface area contributed by atoms with Crippen molar-refractivity contribution in [3.8, 4) is 0 Å². The summed E-state index contributed by atoms with van der Waals surface area (Å²) in [6.07, 6.45) is -3.41. The molecule has 10 N–H and O–H groups in total. The number of aliphatic hydroxyl groups excluding tert-OH is 4. The summed E-state index contributed by atoms with van der Waals surface area (Å²) in [5.41, 5.74) is 6.08. The summed E-state index contributed by atoms with van der Waals surface area (Å²) in [5.74, 6) is -1.18. The average Bonchev–Trinajstić information content (AvgIpc) is 3.72. The Hall–Kier alpha value is -3.05. The molecule has 50 heavy (non-hydrogen) atoms. The van der Waals surface area contributed by atoms with E-state index in [0.717, 1.165) is 0 Å². The van der Waals surface area contributed by atoms with Crippen molar-refractivity contribution in [2.45, 2.75) is 49.2 Å². The van der Waals surface area contributed by atoms with Gasteiger partial charge in [-0.05, 0) is 6.07 Å². The number of quaternary nitrogens is 1. The number of pyridine rings is 1. The van der Waals surface area contributed by atoms with Crippen molar-refractivity contribution in [2.75, 3.05) is 44.4 Å². The summed E-state index contributed by atoms with van der Waals surface area (Å²) in [5, 5.41) is 42.4. The number of fused-ring (bicyclic) bond motifs is 1. The van der Waals surface area contributed by atoms with Gasteiger partial charge in [-0.15, -0.1) is 0 Å². The first kappa shape index (κ1) is 38.2. The highest BCUT2D eigenvalue weighted by Crippen LogP contribution is 2.56. The van der Waals surface area contributed by atoms with Crippen molar-refractivity contribution in [3.05, 3.63) is 42.7 Å². The molecule has 0 bridgehead atoms. The Morgan fingerprint density at radius 1 is 1.02 bits per heavy atom. The maximum atomic E-state index is 12.5. The van der Waals surface area contributed by atoms with E-state index in [-0.39, 0.29) is 23.8 Å². The van der Waals surface area contributed by atoms with Crippen LogP contribution in [0.4, 0.5) is 5.82 Å². The van der Waals surface area contributed by atoms with Gasteiger partial charge in [0.2, 0.25) is 0 Å². The number of imidazole rings is 1. The Morgan fingerprint density at radius 3 is 2.42 bits per heavy atom. The largest absolute Gasteiger partial charge is 0.756 e. The van der Waals surface area contributed by atoms with Crippen molar-refractivity contribution in [1.29, 1.82) is 0 Å². The van der Waals surface area contributed by atoms with Crippen LogP contribution in [0.15, 0.2) is 37.2 Å². The van der Waals surface area contributed by atoms with Crippen molar-refractivity contribution < 1.29 is 71.5 Å². The predicted octanol–water partition coefficient (Wildman–Crippen LogP) is -2.99. The maximum Gasteiger partial charge on any atom is 0.274 e. The van der Waals surface area contributed by atoms with Gasteiger partial charge in [0.25, 0.3) is 21.6 Å². The smallest absolute Gasteiger partial charge is 0.274 e. The fourth-order valence-corrected chi connectivity index (χ4v) is 8.12. The molecule has 1 saturated carbocycles. The number of carbonyl (C=O) groups excluding carboxylic acids is 1. The van der Waals surface area contributed by atoms with Gasteiger partial charge in [0.05, 0.1) is 38.9 Å². The molecule has 2 unspecified atom stereocenters. The number of amides is 1. The summed E-state index contributed by atoms with van der Waals surface area (Å²) in [4.78, 5) is 51.2. The fraction of sp³-hybridized carbons (Fsp3) is 0.577. The Bertz CT molecular complexity index is 1760. The monoisotopic (exact) mass is 748 g/mol. The lowest BCUT2D eigenvalue weighted by molar-refractivity contribution is -0.728. The van der Waals surface area contributed by atoms with Gasteiger partial charge in [-0.25, -0.2) is 19.3 Å². The molecular formula is C26H38N8O14P2. The molecule has 3 fully saturated rings. The van der Waals surface area contributed by atoms with Crippen LogP contribution < -0.4 is 31.1 Å². The molecule has 10 atom stereocenters. The van der Waals surface area contributed by atoms with Crippen LogP contribution in [0, 0.1) is 5.92 Å². The number of phosphoric acid groups is 2. The Labute approximate surface area is 283 Å². The molecular weight excluding hydrogens is 710 g/mol. The zero-order valence-electron chi connectivity index (χ0n) is 26.6. The van der Waals surface area contributed by atoms with Crippen LogP contribution in [-0.4, -0.2) is 116 Å². The van der Waals surface area contributed by atoms with Gasteiger partial charge >= 0.3 is 0 Å². The van der Waals surface area contributed by atoms with Crippen LogP contribution in [0.3, 0.4) is 0 Å². The van der Waals surface area contributed by atoms with Crippen LogP contribution in [0.2, 0.25) is 0 Å². The number of hydrogen-bond donors (Lipinski definition) is 6. The lowest BCUT2D eigenvalue weighted by Gasteiger charge is -2.32. The van der Waals surface area contributed by atoms with Crippen LogP contribution in [0.25, 0.3) is 11.2 Å². The highest BCUT2D eigenvalue weighted by atomic mass is 31.3. The molecule has 1 amide bonds. The summed E-state index contributed by atoms with van der Waals surface area (Å²) in [6.45, 7) is 0.410. The normalized spacial score (nSPS) is 30.9. The number of phosphoric ester groups is 2. The molecule has 3 aromatic rings. The predicted molar refractivity (Wildman–Crippen MR) is 163 cm³/mol. The molecule has 3 aliphatic rings. The number of hydrogen-bond acceptors (Lipinski definition) is 18. The maximum absolute atomic E-state index is 12.5. The lowest BCUT2D eigenvalue weighted by Crippen LogP contribution is -2.45. The number of aromatic nitrogens is 5. The second-order valence-corrected chi connectivity index (χ2v) is 14.6. The first-order valence-electron chi connectivity index (χ1n) is 15.1. The van der Waals surface area contributed by atoms with Crippen LogP contribution >= 0.6 is 15.6 Å². The second kappa shape index (κ2) is 15.3. The Morgan fingerprint density at radius 2 is 1.72 bits per heavy atom. The molecule has 0 spiro atoms. The van der Waals surface area contributed by atoms with E-state index in [1.807, 2.05) is 4.90 Å². The number of anilines is 1. The molecule has 5 heterocycles. The quantitative estimate of drug-likeness (QED) is 0.0794. The number of ether oxygens (including phenoxy) is 2. The van der Waals surface area contributed by atoms with Crippen LogP contribution in [-0.2, 0) is 32.0 Å². The molecule has 3 aromatic heterocycles. The third-order valence-corrected chi connectivity index (χ3v) is 11.1. The highest BCUT2D eigenvalue weighted by molar-refractivity contribution is 7.59. The third kappa shape index (κ3) is 8.04. The molecule has 6 rings (SSSR count). The van der Waals surface area contributed by atoms with Gasteiger partial charge < -0.3 is 65.5 Å². The average molecular weight is 749 g/mol.